The van der Waals surface area contributed by atoms with E-state index in [2.05, 4.69) is 0 Å². The van der Waals surface area contributed by atoms with Crippen molar-refractivity contribution in [3.05, 3.63) is 35.1 Å². The number of benzene rings is 1. The topological polar surface area (TPSA) is 66.9 Å². The zero-order valence-corrected chi connectivity index (χ0v) is 9.60. The predicted octanol–water partition coefficient (Wildman–Crippen LogP) is 1.29. The number of halogens is 1. The zero-order chi connectivity index (χ0) is 12.0. The second-order valence-corrected chi connectivity index (χ2v) is 4.97. The molecule has 3 nitrogen and oxygen atoms in total. The zero-order valence-electron chi connectivity index (χ0n) is 8.78. The fourth-order valence-corrected chi connectivity index (χ4v) is 2.47. The molecule has 5 heteroatoms. The van der Waals surface area contributed by atoms with Crippen LogP contribution in [0.1, 0.15) is 17.5 Å². The van der Waals surface area contributed by atoms with Gasteiger partial charge in [0, 0.05) is 22.3 Å². The molecular formula is C11H13FN2OS. The lowest BCUT2D eigenvalue weighted by Crippen LogP contribution is -2.07. The van der Waals surface area contributed by atoms with Crippen molar-refractivity contribution in [2.75, 3.05) is 12.3 Å². The summed E-state index contributed by atoms with van der Waals surface area (Å²) in [5.74, 6) is 0.311. The molecule has 0 aliphatic carbocycles. The van der Waals surface area contributed by atoms with E-state index in [0.29, 0.717) is 24.3 Å². The Kier molecular flexibility index (Phi) is 5.09. The molecule has 0 aromatic heterocycles. The summed E-state index contributed by atoms with van der Waals surface area (Å²) < 4.78 is 24.6. The summed E-state index contributed by atoms with van der Waals surface area (Å²) in [5, 5.41) is 8.65. The molecule has 0 fully saturated rings. The van der Waals surface area contributed by atoms with E-state index in [4.69, 9.17) is 11.0 Å². The largest absolute Gasteiger partial charge is 0.330 e. The number of hydrogen-bond acceptors (Lipinski definition) is 3. The van der Waals surface area contributed by atoms with Crippen molar-refractivity contribution in [1.82, 2.24) is 0 Å². The second kappa shape index (κ2) is 6.36. The molecule has 0 saturated carbocycles. The molecule has 0 amide bonds. The highest BCUT2D eigenvalue weighted by molar-refractivity contribution is 7.84. The van der Waals surface area contributed by atoms with Gasteiger partial charge in [0.2, 0.25) is 0 Å². The highest BCUT2D eigenvalue weighted by atomic mass is 32.2. The van der Waals surface area contributed by atoms with Crippen molar-refractivity contribution < 1.29 is 8.60 Å². The van der Waals surface area contributed by atoms with Crippen LogP contribution in [0.2, 0.25) is 0 Å². The predicted molar refractivity (Wildman–Crippen MR) is 61.5 cm³/mol. The van der Waals surface area contributed by atoms with Gasteiger partial charge >= 0.3 is 0 Å². The van der Waals surface area contributed by atoms with Crippen LogP contribution in [-0.2, 0) is 16.6 Å². The quantitative estimate of drug-likeness (QED) is 0.843. The lowest BCUT2D eigenvalue weighted by Gasteiger charge is -2.02. The third-order valence-electron chi connectivity index (χ3n) is 1.99. The minimum atomic E-state index is -1.05. The Morgan fingerprint density at radius 3 is 2.81 bits per heavy atom. The van der Waals surface area contributed by atoms with Gasteiger partial charge in [0.05, 0.1) is 11.6 Å². The SMILES string of the molecule is N#Cc1cc(F)cc(CS(=O)CCCN)c1. The Morgan fingerprint density at radius 1 is 1.44 bits per heavy atom. The van der Waals surface area contributed by atoms with Crippen LogP contribution in [0.3, 0.4) is 0 Å². The van der Waals surface area contributed by atoms with Gasteiger partial charge in [-0.1, -0.05) is 0 Å². The van der Waals surface area contributed by atoms with Crippen LogP contribution < -0.4 is 5.73 Å². The van der Waals surface area contributed by atoms with Gasteiger partial charge in [0.25, 0.3) is 0 Å². The molecule has 1 aromatic rings. The molecule has 0 spiro atoms. The van der Waals surface area contributed by atoms with E-state index in [0.717, 1.165) is 6.07 Å². The fourth-order valence-electron chi connectivity index (χ4n) is 1.30. The second-order valence-electron chi connectivity index (χ2n) is 3.39. The maximum Gasteiger partial charge on any atom is 0.124 e. The summed E-state index contributed by atoms with van der Waals surface area (Å²) in [6.45, 7) is 0.498. The third-order valence-corrected chi connectivity index (χ3v) is 3.39. The Morgan fingerprint density at radius 2 is 2.19 bits per heavy atom. The van der Waals surface area contributed by atoms with Crippen molar-refractivity contribution in [1.29, 1.82) is 5.26 Å². The molecular weight excluding hydrogens is 227 g/mol. The van der Waals surface area contributed by atoms with Crippen molar-refractivity contribution in [2.45, 2.75) is 12.2 Å². The molecule has 86 valence electrons. The van der Waals surface area contributed by atoms with E-state index in [-0.39, 0.29) is 11.3 Å². The summed E-state index contributed by atoms with van der Waals surface area (Å²) >= 11 is 0. The monoisotopic (exact) mass is 240 g/mol. The number of nitriles is 1. The maximum atomic E-state index is 13.0. The first-order valence-electron chi connectivity index (χ1n) is 4.90. The average Bonchev–Trinajstić information content (AvgIpc) is 2.25. The minimum Gasteiger partial charge on any atom is -0.330 e. The molecule has 0 saturated heterocycles. The Bertz CT molecular complexity index is 428. The van der Waals surface area contributed by atoms with Gasteiger partial charge in [-0.2, -0.15) is 5.26 Å². The summed E-state index contributed by atoms with van der Waals surface area (Å²) in [6.07, 6.45) is 0.688. The maximum absolute atomic E-state index is 13.0. The molecule has 0 bridgehead atoms. The van der Waals surface area contributed by atoms with Crippen LogP contribution in [-0.4, -0.2) is 16.5 Å². The van der Waals surface area contributed by atoms with Crippen LogP contribution in [0.4, 0.5) is 4.39 Å². The standard InChI is InChI=1S/C11H13FN2OS/c12-11-5-9(7-14)4-10(6-11)8-16(15)3-1-2-13/h4-6H,1-3,8,13H2. The first kappa shape index (κ1) is 12.8. The lowest BCUT2D eigenvalue weighted by molar-refractivity contribution is 0.625. The summed E-state index contributed by atoms with van der Waals surface area (Å²) in [4.78, 5) is 0. The smallest absolute Gasteiger partial charge is 0.124 e. The van der Waals surface area contributed by atoms with E-state index in [1.165, 1.54) is 6.07 Å². The Labute approximate surface area is 96.5 Å². The van der Waals surface area contributed by atoms with Crippen LogP contribution in [0.5, 0.6) is 0 Å². The summed E-state index contributed by atoms with van der Waals surface area (Å²) in [5.41, 5.74) is 6.15. The average molecular weight is 240 g/mol. The van der Waals surface area contributed by atoms with Gasteiger partial charge in [-0.15, -0.1) is 0 Å². The highest BCUT2D eigenvalue weighted by Crippen LogP contribution is 2.11. The molecule has 0 heterocycles. The van der Waals surface area contributed by atoms with Gasteiger partial charge in [0.15, 0.2) is 0 Å². The molecule has 16 heavy (non-hydrogen) atoms. The normalized spacial score (nSPS) is 12.1. The molecule has 1 rings (SSSR count). The van der Waals surface area contributed by atoms with Crippen molar-refractivity contribution in [2.24, 2.45) is 5.73 Å². The summed E-state index contributed by atoms with van der Waals surface area (Å²) in [7, 11) is -1.05. The Hall–Kier alpha value is -1.25. The molecule has 1 atom stereocenters. The summed E-state index contributed by atoms with van der Waals surface area (Å²) in [6, 6.07) is 5.89. The van der Waals surface area contributed by atoms with Crippen LogP contribution in [0, 0.1) is 17.1 Å². The first-order valence-corrected chi connectivity index (χ1v) is 6.39. The van der Waals surface area contributed by atoms with Gasteiger partial charge < -0.3 is 5.73 Å². The van der Waals surface area contributed by atoms with Crippen LogP contribution >= 0.6 is 0 Å². The van der Waals surface area contributed by atoms with Crippen LogP contribution in [0.15, 0.2) is 18.2 Å². The fraction of sp³-hybridized carbons (Fsp3) is 0.364. The first-order chi connectivity index (χ1) is 7.65. The molecule has 0 aliphatic heterocycles. The molecule has 2 N–H and O–H groups in total. The number of hydrogen-bond donors (Lipinski definition) is 1. The molecule has 0 aliphatic rings. The van der Waals surface area contributed by atoms with Crippen LogP contribution in [0.25, 0.3) is 0 Å². The van der Waals surface area contributed by atoms with E-state index in [1.54, 1.807) is 6.07 Å². The van der Waals surface area contributed by atoms with E-state index in [1.807, 2.05) is 6.07 Å². The number of rotatable bonds is 5. The molecule has 0 radical (unpaired) electrons. The molecule has 1 unspecified atom stereocenters. The highest BCUT2D eigenvalue weighted by Gasteiger charge is 2.05. The minimum absolute atomic E-state index is 0.255. The van der Waals surface area contributed by atoms with Crippen molar-refractivity contribution in [3.8, 4) is 6.07 Å². The van der Waals surface area contributed by atoms with Gasteiger partial charge in [-0.3, -0.25) is 4.21 Å². The van der Waals surface area contributed by atoms with Gasteiger partial charge in [-0.05, 0) is 36.7 Å². The van der Waals surface area contributed by atoms with Gasteiger partial charge in [-0.25, -0.2) is 4.39 Å². The van der Waals surface area contributed by atoms with E-state index < -0.39 is 16.6 Å². The van der Waals surface area contributed by atoms with E-state index >= 15 is 0 Å². The third kappa shape index (κ3) is 4.09. The Balaban J connectivity index is 2.70. The van der Waals surface area contributed by atoms with Crippen molar-refractivity contribution in [3.63, 3.8) is 0 Å². The molecule has 1 aromatic carbocycles. The van der Waals surface area contributed by atoms with E-state index in [9.17, 15) is 8.60 Å². The van der Waals surface area contributed by atoms with Gasteiger partial charge in [0.1, 0.15) is 5.82 Å². The number of nitrogens with two attached hydrogens (primary N) is 1. The van der Waals surface area contributed by atoms with Crippen molar-refractivity contribution >= 4 is 10.8 Å². The number of nitrogens with zero attached hydrogens (tertiary/aromatic N) is 1. The lowest BCUT2D eigenvalue weighted by atomic mass is 10.1.